The fourth-order valence-corrected chi connectivity index (χ4v) is 3.73. The molecular weight excluding hydrogens is 336 g/mol. The van der Waals surface area contributed by atoms with Gasteiger partial charge in [-0.25, -0.2) is 4.98 Å². The van der Waals surface area contributed by atoms with Gasteiger partial charge < -0.3 is 15.0 Å². The molecule has 1 aromatic rings. The van der Waals surface area contributed by atoms with Gasteiger partial charge in [0.1, 0.15) is 5.82 Å². The standard InChI is InChI=1S/C17H26N4O2.CH2O2/c1-11(2)21-9-13(4-5-16(21)22)8-20-7-6-14-15(10-20)18-12(3)19-17(14)23;2-1-3/h11,13H,4-10H2,1-3H3,(H,18,19,23);1H,(H,2,3). The molecule has 0 aliphatic carbocycles. The second kappa shape index (κ2) is 8.93. The fourth-order valence-electron chi connectivity index (χ4n) is 3.73. The highest BCUT2D eigenvalue weighted by atomic mass is 16.3. The van der Waals surface area contributed by atoms with E-state index in [0.29, 0.717) is 18.2 Å². The maximum Gasteiger partial charge on any atom is 0.290 e. The Labute approximate surface area is 153 Å². The second-order valence-electron chi connectivity index (χ2n) is 7.21. The Morgan fingerprint density at radius 1 is 1.35 bits per heavy atom. The first-order chi connectivity index (χ1) is 12.3. The SMILES string of the molecule is Cc1nc2c(c(=O)[nH]1)CCN(CC1CCC(=O)N(C(C)C)C1)C2.O=CO. The van der Waals surface area contributed by atoms with Crippen LogP contribution in [0.4, 0.5) is 0 Å². The number of hydrogen-bond acceptors (Lipinski definition) is 5. The molecule has 1 unspecified atom stereocenters. The maximum atomic E-state index is 12.0. The third kappa shape index (κ3) is 4.91. The lowest BCUT2D eigenvalue weighted by Gasteiger charge is -2.38. The van der Waals surface area contributed by atoms with Crippen LogP contribution in [0.1, 0.15) is 43.8 Å². The van der Waals surface area contributed by atoms with Gasteiger partial charge in [-0.15, -0.1) is 0 Å². The van der Waals surface area contributed by atoms with Gasteiger partial charge in [0.25, 0.3) is 12.0 Å². The van der Waals surface area contributed by atoms with E-state index >= 15 is 0 Å². The molecule has 1 saturated heterocycles. The molecule has 8 heteroatoms. The molecule has 1 aromatic heterocycles. The van der Waals surface area contributed by atoms with Crippen molar-refractivity contribution in [1.82, 2.24) is 19.8 Å². The molecule has 26 heavy (non-hydrogen) atoms. The van der Waals surface area contributed by atoms with E-state index in [1.165, 1.54) is 0 Å². The van der Waals surface area contributed by atoms with Crippen molar-refractivity contribution in [3.05, 3.63) is 27.4 Å². The minimum atomic E-state index is -0.250. The number of rotatable bonds is 3. The molecule has 144 valence electrons. The van der Waals surface area contributed by atoms with Crippen molar-refractivity contribution in [2.75, 3.05) is 19.6 Å². The summed E-state index contributed by atoms with van der Waals surface area (Å²) < 4.78 is 0. The van der Waals surface area contributed by atoms with Crippen LogP contribution >= 0.6 is 0 Å². The third-order valence-electron chi connectivity index (χ3n) is 4.95. The average molecular weight is 364 g/mol. The smallest absolute Gasteiger partial charge is 0.290 e. The Balaban J connectivity index is 0.000000758. The Bertz CT molecular complexity index is 701. The van der Waals surface area contributed by atoms with Gasteiger partial charge in [-0.1, -0.05) is 0 Å². The normalized spacial score (nSPS) is 20.4. The molecule has 2 aliphatic rings. The van der Waals surface area contributed by atoms with Gasteiger partial charge in [0.05, 0.1) is 5.69 Å². The molecule has 2 N–H and O–H groups in total. The fraction of sp³-hybridized carbons (Fsp3) is 0.667. The highest BCUT2D eigenvalue weighted by Gasteiger charge is 2.30. The van der Waals surface area contributed by atoms with Crippen LogP contribution in [-0.2, 0) is 22.6 Å². The summed E-state index contributed by atoms with van der Waals surface area (Å²) in [6.45, 7) is 9.20. The third-order valence-corrected chi connectivity index (χ3v) is 4.95. The first kappa shape index (κ1) is 20.1. The predicted octanol–water partition coefficient (Wildman–Crippen LogP) is 0.784. The molecule has 2 aliphatic heterocycles. The van der Waals surface area contributed by atoms with Gasteiger partial charge in [0.2, 0.25) is 5.91 Å². The van der Waals surface area contributed by atoms with E-state index in [-0.39, 0.29) is 24.0 Å². The van der Waals surface area contributed by atoms with Crippen molar-refractivity contribution in [3.8, 4) is 0 Å². The maximum absolute atomic E-state index is 12.0. The number of aromatic amines is 1. The van der Waals surface area contributed by atoms with Crippen LogP contribution in [0, 0.1) is 12.8 Å². The van der Waals surface area contributed by atoms with Crippen LogP contribution in [-0.4, -0.2) is 62.9 Å². The number of nitrogens with one attached hydrogen (secondary N) is 1. The van der Waals surface area contributed by atoms with Crippen LogP contribution < -0.4 is 5.56 Å². The van der Waals surface area contributed by atoms with Crippen molar-refractivity contribution >= 4 is 12.4 Å². The lowest BCUT2D eigenvalue weighted by Crippen LogP contribution is -2.47. The molecule has 1 atom stereocenters. The van der Waals surface area contributed by atoms with Crippen molar-refractivity contribution in [2.45, 2.75) is 52.6 Å². The van der Waals surface area contributed by atoms with Crippen LogP contribution in [0.25, 0.3) is 0 Å². The molecule has 8 nitrogen and oxygen atoms in total. The highest BCUT2D eigenvalue weighted by Crippen LogP contribution is 2.23. The van der Waals surface area contributed by atoms with Gasteiger partial charge in [0.15, 0.2) is 0 Å². The molecule has 1 amide bonds. The summed E-state index contributed by atoms with van der Waals surface area (Å²) in [6, 6.07) is 0.273. The van der Waals surface area contributed by atoms with E-state index in [9.17, 15) is 9.59 Å². The second-order valence-corrected chi connectivity index (χ2v) is 7.21. The van der Waals surface area contributed by atoms with E-state index in [4.69, 9.17) is 9.90 Å². The zero-order chi connectivity index (χ0) is 19.3. The van der Waals surface area contributed by atoms with Gasteiger partial charge in [0, 0.05) is 44.2 Å². The Morgan fingerprint density at radius 3 is 2.69 bits per heavy atom. The number of nitrogens with zero attached hydrogens (tertiary/aromatic N) is 3. The van der Waals surface area contributed by atoms with Gasteiger partial charge in [-0.05, 0) is 39.5 Å². The largest absolute Gasteiger partial charge is 0.483 e. The summed E-state index contributed by atoms with van der Waals surface area (Å²) in [5, 5.41) is 6.89. The van der Waals surface area contributed by atoms with Crippen LogP contribution in [0.5, 0.6) is 0 Å². The molecular formula is C18H28N4O4. The number of likely N-dealkylation sites (tertiary alicyclic amines) is 1. The molecule has 3 heterocycles. The summed E-state index contributed by atoms with van der Waals surface area (Å²) in [5.41, 5.74) is 1.78. The van der Waals surface area contributed by atoms with Crippen LogP contribution in [0.2, 0.25) is 0 Å². The number of aromatic nitrogens is 2. The van der Waals surface area contributed by atoms with E-state index < -0.39 is 0 Å². The number of piperidine rings is 1. The van der Waals surface area contributed by atoms with Gasteiger partial charge >= 0.3 is 0 Å². The summed E-state index contributed by atoms with van der Waals surface area (Å²) in [6.07, 6.45) is 2.38. The van der Waals surface area contributed by atoms with Crippen molar-refractivity contribution in [1.29, 1.82) is 0 Å². The van der Waals surface area contributed by atoms with E-state index in [2.05, 4.69) is 28.7 Å². The first-order valence-electron chi connectivity index (χ1n) is 9.04. The quantitative estimate of drug-likeness (QED) is 0.768. The Hall–Kier alpha value is -2.22. The van der Waals surface area contributed by atoms with Crippen molar-refractivity contribution < 1.29 is 14.7 Å². The zero-order valence-corrected chi connectivity index (χ0v) is 15.7. The van der Waals surface area contributed by atoms with Crippen LogP contribution in [0.15, 0.2) is 4.79 Å². The molecule has 0 radical (unpaired) electrons. The van der Waals surface area contributed by atoms with Crippen molar-refractivity contribution in [3.63, 3.8) is 0 Å². The number of amides is 1. The van der Waals surface area contributed by atoms with Crippen LogP contribution in [0.3, 0.4) is 0 Å². The molecule has 0 spiro atoms. The molecule has 0 aromatic carbocycles. The number of hydrogen-bond donors (Lipinski definition) is 2. The summed E-state index contributed by atoms with van der Waals surface area (Å²) in [5.74, 6) is 1.48. The van der Waals surface area contributed by atoms with Gasteiger partial charge in [-0.3, -0.25) is 19.3 Å². The summed E-state index contributed by atoms with van der Waals surface area (Å²) in [4.78, 5) is 44.0. The Morgan fingerprint density at radius 2 is 2.04 bits per heavy atom. The van der Waals surface area contributed by atoms with Gasteiger partial charge in [-0.2, -0.15) is 0 Å². The van der Waals surface area contributed by atoms with Crippen molar-refractivity contribution in [2.24, 2.45) is 5.92 Å². The summed E-state index contributed by atoms with van der Waals surface area (Å²) >= 11 is 0. The molecule has 1 fully saturated rings. The first-order valence-corrected chi connectivity index (χ1v) is 9.04. The zero-order valence-electron chi connectivity index (χ0n) is 15.7. The highest BCUT2D eigenvalue weighted by molar-refractivity contribution is 5.77. The predicted molar refractivity (Wildman–Crippen MR) is 96.8 cm³/mol. The molecule has 0 bridgehead atoms. The lowest BCUT2D eigenvalue weighted by atomic mass is 9.95. The molecule has 3 rings (SSSR count). The van der Waals surface area contributed by atoms with E-state index in [0.717, 1.165) is 50.3 Å². The number of aryl methyl sites for hydroxylation is 1. The minimum Gasteiger partial charge on any atom is -0.483 e. The number of carbonyl (C=O) groups is 2. The number of carbonyl (C=O) groups excluding carboxylic acids is 1. The topological polar surface area (TPSA) is 107 Å². The number of carboxylic acid groups (broad SMARTS) is 1. The number of fused-ring (bicyclic) bond motifs is 1. The molecule has 0 saturated carbocycles. The van der Waals surface area contributed by atoms with E-state index in [1.54, 1.807) is 0 Å². The summed E-state index contributed by atoms with van der Waals surface area (Å²) in [7, 11) is 0. The minimum absolute atomic E-state index is 0.0152. The lowest BCUT2D eigenvalue weighted by molar-refractivity contribution is -0.137. The average Bonchev–Trinajstić information content (AvgIpc) is 2.56. The van der Waals surface area contributed by atoms with E-state index in [1.807, 2.05) is 11.8 Å². The Kier molecular flexibility index (Phi) is 6.90. The number of H-pyrrole nitrogens is 1. The monoisotopic (exact) mass is 364 g/mol.